The van der Waals surface area contributed by atoms with Crippen molar-refractivity contribution < 1.29 is 38.1 Å². The maximum atomic E-state index is 13.1. The molecule has 1 saturated heterocycles. The van der Waals surface area contributed by atoms with E-state index in [0.29, 0.717) is 49.4 Å². The fourth-order valence-electron chi connectivity index (χ4n) is 6.99. The maximum Gasteiger partial charge on any atom is 0.419 e. The zero-order valence-electron chi connectivity index (χ0n) is 32.9. The Morgan fingerprint density at radius 3 is 1.87 bits per heavy atom. The Hall–Kier alpha value is -2.81. The van der Waals surface area contributed by atoms with Crippen LogP contribution >= 0.6 is 0 Å². The number of unbranched alkanes of at least 4 members (excludes halogenated alkanes) is 16. The Bertz CT molecular complexity index is 1140. The van der Waals surface area contributed by atoms with Crippen LogP contribution < -0.4 is 9.47 Å². The van der Waals surface area contributed by atoms with Crippen LogP contribution in [0, 0.1) is 0 Å². The summed E-state index contributed by atoms with van der Waals surface area (Å²) in [6.45, 7) is 8.12. The fraction of sp³-hybridized carbons (Fsp3) is 0.791. The second kappa shape index (κ2) is 26.9. The molecule has 1 aromatic carbocycles. The largest absolute Gasteiger partial charge is 0.466 e. The van der Waals surface area contributed by atoms with E-state index in [1.807, 2.05) is 6.07 Å². The molecule has 3 aliphatic rings. The van der Waals surface area contributed by atoms with Crippen molar-refractivity contribution in [2.45, 2.75) is 193 Å². The third-order valence-electron chi connectivity index (χ3n) is 10.1. The van der Waals surface area contributed by atoms with Crippen LogP contribution in [0.5, 0.6) is 11.5 Å². The molecular formula is C43H71NO8. The van der Waals surface area contributed by atoms with E-state index in [2.05, 4.69) is 18.7 Å². The summed E-state index contributed by atoms with van der Waals surface area (Å²) in [7, 11) is 0. The molecule has 0 spiro atoms. The first kappa shape index (κ1) is 43.6. The van der Waals surface area contributed by atoms with Gasteiger partial charge in [0.05, 0.1) is 13.0 Å². The Balaban J connectivity index is 1.42. The Morgan fingerprint density at radius 2 is 1.19 bits per heavy atom. The molecule has 0 aliphatic carbocycles. The zero-order chi connectivity index (χ0) is 37.1. The molecule has 1 aromatic rings. The summed E-state index contributed by atoms with van der Waals surface area (Å²) in [5.74, 6) is -1.21. The fourth-order valence-corrected chi connectivity index (χ4v) is 6.99. The lowest BCUT2D eigenvalue weighted by Crippen LogP contribution is -2.46. The number of rotatable bonds is 31. The number of carbonyl (C=O) groups is 3. The van der Waals surface area contributed by atoms with Crippen molar-refractivity contribution in [3.8, 4) is 11.5 Å². The highest BCUT2D eigenvalue weighted by molar-refractivity contribution is 5.70. The average Bonchev–Trinajstić information content (AvgIpc) is 3.53. The van der Waals surface area contributed by atoms with Gasteiger partial charge in [-0.15, -0.1) is 0 Å². The highest BCUT2D eigenvalue weighted by atomic mass is 16.9. The van der Waals surface area contributed by atoms with Gasteiger partial charge in [0.25, 0.3) is 0 Å². The molecule has 3 heterocycles. The molecule has 3 aliphatic heterocycles. The minimum absolute atomic E-state index is 0.0702. The van der Waals surface area contributed by atoms with Gasteiger partial charge in [0.2, 0.25) is 0 Å². The molecule has 296 valence electrons. The summed E-state index contributed by atoms with van der Waals surface area (Å²) in [6.07, 6.45) is 25.3. The van der Waals surface area contributed by atoms with E-state index in [1.165, 1.54) is 70.6 Å². The lowest BCUT2D eigenvalue weighted by molar-refractivity contribution is -0.287. The highest BCUT2D eigenvalue weighted by Crippen LogP contribution is 2.38. The van der Waals surface area contributed by atoms with Crippen LogP contribution in [0.1, 0.15) is 186 Å². The van der Waals surface area contributed by atoms with Crippen molar-refractivity contribution in [1.29, 1.82) is 0 Å². The molecule has 2 bridgehead atoms. The minimum Gasteiger partial charge on any atom is -0.466 e. The van der Waals surface area contributed by atoms with E-state index in [9.17, 15) is 14.4 Å². The van der Waals surface area contributed by atoms with Crippen LogP contribution in [0.3, 0.4) is 0 Å². The van der Waals surface area contributed by atoms with Crippen LogP contribution in [0.15, 0.2) is 18.2 Å². The average molecular weight is 730 g/mol. The first-order chi connectivity index (χ1) is 25.4. The van der Waals surface area contributed by atoms with Crippen LogP contribution in [0.2, 0.25) is 0 Å². The van der Waals surface area contributed by atoms with Crippen molar-refractivity contribution in [3.63, 3.8) is 0 Å². The molecule has 1 atom stereocenters. The normalized spacial score (nSPS) is 16.7. The minimum atomic E-state index is -1.57. The third kappa shape index (κ3) is 18.8. The number of benzene rings is 1. The molecule has 4 rings (SSSR count). The van der Waals surface area contributed by atoms with Gasteiger partial charge in [0.15, 0.2) is 0 Å². The van der Waals surface area contributed by atoms with Gasteiger partial charge in [-0.3, -0.25) is 14.4 Å². The van der Waals surface area contributed by atoms with Crippen LogP contribution in [0.4, 0.5) is 0 Å². The van der Waals surface area contributed by atoms with Crippen LogP contribution in [-0.2, 0) is 35.2 Å². The lowest BCUT2D eigenvalue weighted by atomic mass is 10.1. The maximum absolute atomic E-state index is 13.1. The van der Waals surface area contributed by atoms with Gasteiger partial charge in [-0.25, -0.2) is 0 Å². The Labute approximate surface area is 315 Å². The molecule has 0 radical (unpaired) electrons. The predicted octanol–water partition coefficient (Wildman–Crippen LogP) is 10.7. The van der Waals surface area contributed by atoms with E-state index < -0.39 is 5.97 Å². The second-order valence-corrected chi connectivity index (χ2v) is 14.9. The number of likely N-dealkylation sites (tertiary alicyclic amines) is 1. The van der Waals surface area contributed by atoms with Gasteiger partial charge in [-0.1, -0.05) is 110 Å². The molecule has 1 fully saturated rings. The van der Waals surface area contributed by atoms with Crippen molar-refractivity contribution in [2.75, 3.05) is 26.2 Å². The Morgan fingerprint density at radius 1 is 0.635 bits per heavy atom. The molecule has 1 unspecified atom stereocenters. The van der Waals surface area contributed by atoms with Gasteiger partial charge in [0.1, 0.15) is 18.1 Å². The molecule has 9 nitrogen and oxygen atoms in total. The van der Waals surface area contributed by atoms with Gasteiger partial charge in [0, 0.05) is 24.8 Å². The van der Waals surface area contributed by atoms with E-state index >= 15 is 0 Å². The number of fused-ring (bicyclic) bond motifs is 4. The van der Waals surface area contributed by atoms with Crippen molar-refractivity contribution in [3.05, 3.63) is 23.8 Å². The third-order valence-corrected chi connectivity index (χ3v) is 10.1. The summed E-state index contributed by atoms with van der Waals surface area (Å²) >= 11 is 0. The first-order valence-electron chi connectivity index (χ1n) is 21.2. The van der Waals surface area contributed by atoms with Gasteiger partial charge < -0.3 is 28.6 Å². The molecule has 0 amide bonds. The van der Waals surface area contributed by atoms with E-state index in [-0.39, 0.29) is 24.5 Å². The quantitative estimate of drug-likeness (QED) is 0.0420. The van der Waals surface area contributed by atoms with Gasteiger partial charge in [-0.05, 0) is 82.8 Å². The Kier molecular flexibility index (Phi) is 22.5. The molecular weight excluding hydrogens is 658 g/mol. The number of esters is 3. The summed E-state index contributed by atoms with van der Waals surface area (Å²) in [5, 5.41) is 0. The topological polar surface area (TPSA) is 101 Å². The van der Waals surface area contributed by atoms with Crippen molar-refractivity contribution in [2.24, 2.45) is 0 Å². The summed E-state index contributed by atoms with van der Waals surface area (Å²) in [6, 6.07) is 5.41. The molecule has 52 heavy (non-hydrogen) atoms. The first-order valence-corrected chi connectivity index (χ1v) is 21.2. The van der Waals surface area contributed by atoms with E-state index in [1.54, 1.807) is 12.1 Å². The number of ether oxygens (including phenoxy) is 5. The standard InChI is InChI=1S/C43H71NO8/c1-3-5-7-9-11-14-18-25-40(45)48-34-23-17-13-16-20-30-43(52-42(47)26-19-15-12-10-8-6-4-2)50-38-28-29-39(51-43)37(35-38)36-49-41(46)27-24-33-44-31-21-22-32-44/h28-29,35H,3-27,30-34,36H2,1-2H3. The number of nitrogens with zero attached hydrogens (tertiary/aromatic N) is 1. The lowest BCUT2D eigenvalue weighted by Gasteiger charge is -2.31. The van der Waals surface area contributed by atoms with Gasteiger partial charge in [-0.2, -0.15) is 0 Å². The van der Waals surface area contributed by atoms with Crippen LogP contribution in [0.25, 0.3) is 0 Å². The molecule has 0 aromatic heterocycles. The van der Waals surface area contributed by atoms with E-state index in [0.717, 1.165) is 90.3 Å². The monoisotopic (exact) mass is 730 g/mol. The molecule has 0 saturated carbocycles. The molecule has 9 heteroatoms. The van der Waals surface area contributed by atoms with Crippen molar-refractivity contribution in [1.82, 2.24) is 4.90 Å². The summed E-state index contributed by atoms with van der Waals surface area (Å²) in [4.78, 5) is 40.2. The SMILES string of the molecule is CCCCCCCCCC(=O)OCCCCCCCC1(OC(=O)CCCCCCCCC)Oc2ccc(c(COC(=O)CCCN3CCCC3)c2)O1. The number of hydrogen-bond acceptors (Lipinski definition) is 9. The smallest absolute Gasteiger partial charge is 0.419 e. The highest BCUT2D eigenvalue weighted by Gasteiger charge is 2.42. The van der Waals surface area contributed by atoms with Crippen molar-refractivity contribution >= 4 is 17.9 Å². The number of carbonyl (C=O) groups excluding carboxylic acids is 3. The molecule has 0 N–H and O–H groups in total. The zero-order valence-corrected chi connectivity index (χ0v) is 32.9. The van der Waals surface area contributed by atoms with Crippen LogP contribution in [-0.4, -0.2) is 55.0 Å². The van der Waals surface area contributed by atoms with E-state index in [4.69, 9.17) is 23.7 Å². The predicted molar refractivity (Wildman–Crippen MR) is 205 cm³/mol. The summed E-state index contributed by atoms with van der Waals surface area (Å²) < 4.78 is 29.8. The number of hydrogen-bond donors (Lipinski definition) is 0. The summed E-state index contributed by atoms with van der Waals surface area (Å²) in [5.41, 5.74) is 0.692. The van der Waals surface area contributed by atoms with Gasteiger partial charge >= 0.3 is 23.9 Å². The second-order valence-electron chi connectivity index (χ2n) is 14.9.